The normalized spacial score (nSPS) is 21.6. The maximum atomic E-state index is 5.98. The highest BCUT2D eigenvalue weighted by atomic mass is 79.9. The van der Waals surface area contributed by atoms with Gasteiger partial charge in [-0.2, -0.15) is 5.10 Å². The van der Waals surface area contributed by atoms with Gasteiger partial charge in [0, 0.05) is 43.3 Å². The fraction of sp³-hybridized carbons (Fsp3) is 0.273. The molecule has 0 bridgehead atoms. The van der Waals surface area contributed by atoms with Crippen molar-refractivity contribution in [3.63, 3.8) is 0 Å². The number of anilines is 1. The lowest BCUT2D eigenvalue weighted by Crippen LogP contribution is -2.40. The molecule has 3 aromatic rings. The van der Waals surface area contributed by atoms with Gasteiger partial charge in [-0.05, 0) is 37.1 Å². The standard InChI is InChI=1S/C22H21BrN4OS/c23-17-7-8-19-15(10-17)12-28-14-27-9-3-5-20(27)22(25-19)26-24-11-16-13-29-21-6-2-1-4-18(16)21/h1-2,4,6-8,10-11,13,20H,3,5,9,12,14H2,(H,25,26). The number of hydrogen-bond acceptors (Lipinski definition) is 5. The first-order valence-corrected chi connectivity index (χ1v) is 11.4. The minimum Gasteiger partial charge on any atom is -0.361 e. The number of nitrogens with zero attached hydrogens (tertiary/aromatic N) is 3. The Morgan fingerprint density at radius 1 is 1.24 bits per heavy atom. The van der Waals surface area contributed by atoms with Crippen LogP contribution in [0.2, 0.25) is 0 Å². The van der Waals surface area contributed by atoms with Gasteiger partial charge < -0.3 is 10.1 Å². The molecule has 2 aromatic carbocycles. The SMILES string of the molecule is Brc1ccc2c(c1)COCN1CCCC1/C(=N\N=Cc1csc3ccccc13)N2. The zero-order valence-corrected chi connectivity index (χ0v) is 18.2. The molecule has 0 saturated carbocycles. The topological polar surface area (TPSA) is 49.2 Å². The summed E-state index contributed by atoms with van der Waals surface area (Å²) >= 11 is 5.29. The molecule has 1 atom stereocenters. The number of amidine groups is 1. The number of nitrogens with one attached hydrogen (secondary N) is 1. The lowest BCUT2D eigenvalue weighted by Gasteiger charge is -2.24. The van der Waals surface area contributed by atoms with Gasteiger partial charge in [0.15, 0.2) is 0 Å². The molecule has 1 aromatic heterocycles. The average Bonchev–Trinajstić information content (AvgIpc) is 3.36. The first-order chi connectivity index (χ1) is 14.3. The summed E-state index contributed by atoms with van der Waals surface area (Å²) in [6.45, 7) is 2.20. The van der Waals surface area contributed by atoms with Gasteiger partial charge in [-0.15, -0.1) is 16.4 Å². The van der Waals surface area contributed by atoms with E-state index in [2.05, 4.69) is 78.1 Å². The van der Waals surface area contributed by atoms with Crippen LogP contribution in [0.5, 0.6) is 0 Å². The Bertz CT molecular complexity index is 1090. The summed E-state index contributed by atoms with van der Waals surface area (Å²) in [5.41, 5.74) is 3.24. The molecule has 29 heavy (non-hydrogen) atoms. The summed E-state index contributed by atoms with van der Waals surface area (Å²) in [7, 11) is 0. The Kier molecular flexibility index (Phi) is 5.46. The smallest absolute Gasteiger partial charge is 0.146 e. The van der Waals surface area contributed by atoms with Crippen LogP contribution in [0.15, 0.2) is 62.5 Å². The van der Waals surface area contributed by atoms with Crippen LogP contribution in [0, 0.1) is 0 Å². The third kappa shape index (κ3) is 4.00. The van der Waals surface area contributed by atoms with Gasteiger partial charge in [-0.1, -0.05) is 34.1 Å². The third-order valence-electron chi connectivity index (χ3n) is 5.40. The Morgan fingerprint density at radius 2 is 2.17 bits per heavy atom. The van der Waals surface area contributed by atoms with Crippen molar-refractivity contribution in [3.05, 3.63) is 63.4 Å². The third-order valence-corrected chi connectivity index (χ3v) is 6.87. The minimum absolute atomic E-state index is 0.195. The molecule has 5 rings (SSSR count). The predicted molar refractivity (Wildman–Crippen MR) is 124 cm³/mol. The number of ether oxygens (including phenoxy) is 1. The van der Waals surface area contributed by atoms with Gasteiger partial charge in [-0.25, -0.2) is 0 Å². The van der Waals surface area contributed by atoms with Crippen molar-refractivity contribution in [2.45, 2.75) is 25.5 Å². The minimum atomic E-state index is 0.195. The molecular weight excluding hydrogens is 448 g/mol. The number of rotatable bonds is 2. The number of benzene rings is 2. The Morgan fingerprint density at radius 3 is 3.14 bits per heavy atom. The molecule has 7 heteroatoms. The maximum Gasteiger partial charge on any atom is 0.146 e. The second-order valence-electron chi connectivity index (χ2n) is 7.29. The number of halogens is 1. The highest BCUT2D eigenvalue weighted by Gasteiger charge is 2.30. The van der Waals surface area contributed by atoms with E-state index in [1.807, 2.05) is 12.3 Å². The van der Waals surface area contributed by atoms with E-state index in [-0.39, 0.29) is 6.04 Å². The Balaban J connectivity index is 1.48. The van der Waals surface area contributed by atoms with Crippen molar-refractivity contribution < 1.29 is 4.74 Å². The summed E-state index contributed by atoms with van der Waals surface area (Å²) in [4.78, 5) is 2.34. The molecule has 1 N–H and O–H groups in total. The van der Waals surface area contributed by atoms with Gasteiger partial charge in [0.25, 0.3) is 0 Å². The van der Waals surface area contributed by atoms with E-state index in [0.717, 1.165) is 46.5 Å². The average molecular weight is 469 g/mol. The van der Waals surface area contributed by atoms with E-state index in [1.54, 1.807) is 11.3 Å². The highest BCUT2D eigenvalue weighted by Crippen LogP contribution is 2.27. The second-order valence-corrected chi connectivity index (χ2v) is 9.12. The summed E-state index contributed by atoms with van der Waals surface area (Å²) in [5.74, 6) is 0.882. The fourth-order valence-electron chi connectivity index (χ4n) is 3.93. The molecule has 0 aliphatic carbocycles. The molecule has 2 aliphatic rings. The molecule has 1 unspecified atom stereocenters. The van der Waals surface area contributed by atoms with Gasteiger partial charge in [0.2, 0.25) is 0 Å². The highest BCUT2D eigenvalue weighted by molar-refractivity contribution is 9.10. The fourth-order valence-corrected chi connectivity index (χ4v) is 5.25. The first-order valence-electron chi connectivity index (χ1n) is 9.72. The van der Waals surface area contributed by atoms with Crippen molar-refractivity contribution in [1.82, 2.24) is 4.90 Å². The van der Waals surface area contributed by atoms with E-state index < -0.39 is 0 Å². The van der Waals surface area contributed by atoms with E-state index in [9.17, 15) is 0 Å². The van der Waals surface area contributed by atoms with Crippen molar-refractivity contribution in [2.24, 2.45) is 10.2 Å². The van der Waals surface area contributed by atoms with Crippen molar-refractivity contribution >= 4 is 55.1 Å². The van der Waals surface area contributed by atoms with E-state index >= 15 is 0 Å². The zero-order valence-electron chi connectivity index (χ0n) is 15.8. The van der Waals surface area contributed by atoms with Crippen LogP contribution in [0.25, 0.3) is 10.1 Å². The maximum absolute atomic E-state index is 5.98. The van der Waals surface area contributed by atoms with E-state index in [4.69, 9.17) is 4.74 Å². The molecule has 2 aliphatic heterocycles. The van der Waals surface area contributed by atoms with Gasteiger partial charge in [-0.3, -0.25) is 4.90 Å². The molecule has 0 amide bonds. The van der Waals surface area contributed by atoms with Crippen LogP contribution in [0.3, 0.4) is 0 Å². The Labute approximate surface area is 182 Å². The number of thiophene rings is 1. The molecule has 0 radical (unpaired) electrons. The van der Waals surface area contributed by atoms with Crippen LogP contribution in [0.4, 0.5) is 5.69 Å². The lowest BCUT2D eigenvalue weighted by atomic mass is 10.1. The summed E-state index contributed by atoms with van der Waals surface area (Å²) in [6, 6.07) is 14.8. The molecule has 148 valence electrons. The summed E-state index contributed by atoms with van der Waals surface area (Å²) < 4.78 is 8.29. The quantitative estimate of drug-likeness (QED) is 0.401. The van der Waals surface area contributed by atoms with Crippen LogP contribution >= 0.6 is 27.3 Å². The van der Waals surface area contributed by atoms with Crippen LogP contribution < -0.4 is 5.32 Å². The molecular formula is C22H21BrN4OS. The lowest BCUT2D eigenvalue weighted by molar-refractivity contribution is 0.0238. The second kappa shape index (κ2) is 8.36. The van der Waals surface area contributed by atoms with E-state index in [1.165, 1.54) is 10.1 Å². The van der Waals surface area contributed by atoms with Crippen LogP contribution in [-0.4, -0.2) is 36.3 Å². The molecule has 0 spiro atoms. The first kappa shape index (κ1) is 18.9. The monoisotopic (exact) mass is 468 g/mol. The van der Waals surface area contributed by atoms with Gasteiger partial charge in [0.1, 0.15) is 12.6 Å². The molecule has 3 heterocycles. The number of fused-ring (bicyclic) bond motifs is 3. The van der Waals surface area contributed by atoms with Crippen LogP contribution in [-0.2, 0) is 11.3 Å². The van der Waals surface area contributed by atoms with E-state index in [0.29, 0.717) is 13.3 Å². The number of hydrogen-bond donors (Lipinski definition) is 1. The molecule has 1 fully saturated rings. The zero-order chi connectivity index (χ0) is 19.6. The van der Waals surface area contributed by atoms with Gasteiger partial charge in [0.05, 0.1) is 18.9 Å². The van der Waals surface area contributed by atoms with Crippen molar-refractivity contribution in [1.29, 1.82) is 0 Å². The van der Waals surface area contributed by atoms with Crippen molar-refractivity contribution in [3.8, 4) is 0 Å². The largest absolute Gasteiger partial charge is 0.361 e. The van der Waals surface area contributed by atoms with Gasteiger partial charge >= 0.3 is 0 Å². The van der Waals surface area contributed by atoms with Crippen LogP contribution in [0.1, 0.15) is 24.0 Å². The summed E-state index contributed by atoms with van der Waals surface area (Å²) in [6.07, 6.45) is 4.05. The summed E-state index contributed by atoms with van der Waals surface area (Å²) in [5, 5.41) is 16.0. The molecule has 1 saturated heterocycles. The Hall–Kier alpha value is -2.06. The predicted octanol–water partition coefficient (Wildman–Crippen LogP) is 5.46. The molecule has 5 nitrogen and oxygen atoms in total. The van der Waals surface area contributed by atoms with Crippen molar-refractivity contribution in [2.75, 3.05) is 18.6 Å².